The predicted octanol–water partition coefficient (Wildman–Crippen LogP) is 1.22. The summed E-state index contributed by atoms with van der Waals surface area (Å²) in [5.41, 5.74) is 9.39. The molecule has 0 radical (unpaired) electrons. The van der Waals surface area contributed by atoms with Crippen molar-refractivity contribution in [3.63, 3.8) is 0 Å². The minimum atomic E-state index is -1.83. The van der Waals surface area contributed by atoms with Crippen molar-refractivity contribution in [2.24, 2.45) is 11.7 Å². The number of halogens is 1. The first-order valence-electron chi connectivity index (χ1n) is 6.49. The second-order valence-corrected chi connectivity index (χ2v) is 5.25. The van der Waals surface area contributed by atoms with Gasteiger partial charge in [0.2, 0.25) is 0 Å². The summed E-state index contributed by atoms with van der Waals surface area (Å²) in [6.07, 6.45) is 5.32. The number of nitrogens with two attached hydrogens (primary N) is 2. The highest BCUT2D eigenvalue weighted by molar-refractivity contribution is 6.33. The maximum atomic E-state index is 10.7. The average Bonchev–Trinajstić information content (AvgIpc) is 2.50. The van der Waals surface area contributed by atoms with Gasteiger partial charge in [0.1, 0.15) is 5.92 Å². The number of aliphatic carboxylic acids is 2. The van der Waals surface area contributed by atoms with E-state index in [2.05, 4.69) is 0 Å². The maximum absolute atomic E-state index is 10.7. The van der Waals surface area contributed by atoms with Gasteiger partial charge in [0.05, 0.1) is 16.3 Å². The zero-order valence-electron chi connectivity index (χ0n) is 12.2. The first kappa shape index (κ1) is 19.2. The molecule has 1 aromatic carbocycles. The molecule has 0 fully saturated rings. The molecular formula is C15H15ClN2O6. The average molecular weight is 355 g/mol. The normalized spacial score (nSPS) is 21.5. The van der Waals surface area contributed by atoms with Crippen molar-refractivity contribution in [1.82, 2.24) is 0 Å². The summed E-state index contributed by atoms with van der Waals surface area (Å²) in [6.45, 7) is 0. The van der Waals surface area contributed by atoms with Crippen molar-refractivity contribution in [2.75, 3.05) is 5.73 Å². The van der Waals surface area contributed by atoms with Gasteiger partial charge in [0.25, 0.3) is 0 Å². The van der Waals surface area contributed by atoms with E-state index < -0.39 is 29.4 Å². The lowest BCUT2D eigenvalue weighted by atomic mass is 9.81. The van der Waals surface area contributed by atoms with Crippen LogP contribution in [0.4, 0.5) is 5.69 Å². The number of carboxylic acids is 3. The largest absolute Gasteiger partial charge is 0.481 e. The Morgan fingerprint density at radius 2 is 1.75 bits per heavy atom. The van der Waals surface area contributed by atoms with E-state index in [1.54, 1.807) is 0 Å². The molecule has 8 nitrogen and oxygen atoms in total. The summed E-state index contributed by atoms with van der Waals surface area (Å²) < 4.78 is 0. The van der Waals surface area contributed by atoms with E-state index in [9.17, 15) is 14.4 Å². The molecule has 24 heavy (non-hydrogen) atoms. The quantitative estimate of drug-likeness (QED) is 0.505. The van der Waals surface area contributed by atoms with Crippen molar-refractivity contribution < 1.29 is 29.7 Å². The molecule has 7 N–H and O–H groups in total. The summed E-state index contributed by atoms with van der Waals surface area (Å²) >= 11 is 5.57. The van der Waals surface area contributed by atoms with E-state index in [-0.39, 0.29) is 11.3 Å². The highest BCUT2D eigenvalue weighted by Gasteiger charge is 2.44. The molecule has 0 bridgehead atoms. The topological polar surface area (TPSA) is 164 Å². The van der Waals surface area contributed by atoms with Gasteiger partial charge in [0.15, 0.2) is 5.54 Å². The second kappa shape index (κ2) is 7.62. The molecular weight excluding hydrogens is 340 g/mol. The van der Waals surface area contributed by atoms with Crippen LogP contribution in [0.25, 0.3) is 0 Å². The fraction of sp³-hybridized carbons (Fsp3) is 0.133. The number of hydrogen-bond donors (Lipinski definition) is 5. The molecule has 2 atom stereocenters. The van der Waals surface area contributed by atoms with Crippen LogP contribution in [0.3, 0.4) is 0 Å². The number of carbonyl (C=O) groups is 3. The van der Waals surface area contributed by atoms with Gasteiger partial charge in [-0.1, -0.05) is 35.9 Å². The van der Waals surface area contributed by atoms with Crippen molar-refractivity contribution in [3.05, 3.63) is 53.1 Å². The lowest BCUT2D eigenvalue weighted by molar-refractivity contribution is -0.151. The Hall–Kier alpha value is -2.84. The number of aromatic carboxylic acids is 1. The van der Waals surface area contributed by atoms with E-state index in [0.29, 0.717) is 5.02 Å². The molecule has 0 aliphatic heterocycles. The Bertz CT molecular complexity index is 731. The van der Waals surface area contributed by atoms with E-state index >= 15 is 0 Å². The van der Waals surface area contributed by atoms with Crippen molar-refractivity contribution >= 4 is 35.2 Å². The molecule has 1 aliphatic carbocycles. The Labute approximate surface area is 141 Å². The van der Waals surface area contributed by atoms with Crippen LogP contribution < -0.4 is 11.5 Å². The standard InChI is InChI=1S/C8H9NO4.C7H6ClNO2/c9-8(7(12)13)4-2-1-3-5(8)6(10)11;8-5-2-1-4(7(10)11)3-6(5)9/h1-5H,9H2,(H,10,11)(H,12,13);1-3H,9H2,(H,10,11). The third-order valence-electron chi connectivity index (χ3n) is 3.18. The molecule has 128 valence electrons. The number of allylic oxidation sites excluding steroid dienone is 2. The molecule has 2 unspecified atom stereocenters. The number of benzene rings is 1. The molecule has 0 aromatic heterocycles. The number of hydrogen-bond acceptors (Lipinski definition) is 5. The van der Waals surface area contributed by atoms with Gasteiger partial charge in [-0.2, -0.15) is 0 Å². The van der Waals surface area contributed by atoms with Gasteiger partial charge in [-0.25, -0.2) is 9.59 Å². The van der Waals surface area contributed by atoms with Crippen LogP contribution in [0, 0.1) is 5.92 Å². The Kier molecular flexibility index (Phi) is 6.10. The van der Waals surface area contributed by atoms with Crippen LogP contribution in [0.1, 0.15) is 10.4 Å². The lowest BCUT2D eigenvalue weighted by Crippen LogP contribution is -2.55. The fourth-order valence-corrected chi connectivity index (χ4v) is 1.94. The van der Waals surface area contributed by atoms with E-state index in [0.717, 1.165) is 0 Å². The Morgan fingerprint density at radius 3 is 2.17 bits per heavy atom. The molecule has 0 saturated carbocycles. The minimum Gasteiger partial charge on any atom is -0.481 e. The second-order valence-electron chi connectivity index (χ2n) is 4.84. The maximum Gasteiger partial charge on any atom is 0.335 e. The number of carboxylic acid groups (broad SMARTS) is 3. The zero-order valence-corrected chi connectivity index (χ0v) is 13.0. The van der Waals surface area contributed by atoms with Gasteiger partial charge in [-0.3, -0.25) is 4.79 Å². The summed E-state index contributed by atoms with van der Waals surface area (Å²) in [7, 11) is 0. The number of rotatable bonds is 3. The van der Waals surface area contributed by atoms with Gasteiger partial charge in [-0.05, 0) is 18.2 Å². The Balaban J connectivity index is 0.000000243. The monoisotopic (exact) mass is 354 g/mol. The van der Waals surface area contributed by atoms with Crippen LogP contribution in [0.5, 0.6) is 0 Å². The van der Waals surface area contributed by atoms with Crippen molar-refractivity contribution in [2.45, 2.75) is 5.54 Å². The van der Waals surface area contributed by atoms with Gasteiger partial charge in [0, 0.05) is 0 Å². The first-order chi connectivity index (χ1) is 11.1. The predicted molar refractivity (Wildman–Crippen MR) is 86.8 cm³/mol. The first-order valence-corrected chi connectivity index (χ1v) is 6.86. The van der Waals surface area contributed by atoms with Crippen molar-refractivity contribution in [3.8, 4) is 0 Å². The third kappa shape index (κ3) is 4.34. The highest BCUT2D eigenvalue weighted by Crippen LogP contribution is 2.22. The molecule has 9 heteroatoms. The molecule has 0 heterocycles. The van der Waals surface area contributed by atoms with Gasteiger partial charge >= 0.3 is 17.9 Å². The van der Waals surface area contributed by atoms with Gasteiger partial charge < -0.3 is 26.8 Å². The zero-order chi connectivity index (χ0) is 18.5. The fourth-order valence-electron chi connectivity index (χ4n) is 1.82. The van der Waals surface area contributed by atoms with Crippen LogP contribution >= 0.6 is 11.6 Å². The third-order valence-corrected chi connectivity index (χ3v) is 3.52. The molecule has 0 amide bonds. The summed E-state index contributed by atoms with van der Waals surface area (Å²) in [6, 6.07) is 4.19. The van der Waals surface area contributed by atoms with Gasteiger partial charge in [-0.15, -0.1) is 0 Å². The Morgan fingerprint density at radius 1 is 1.12 bits per heavy atom. The molecule has 0 spiro atoms. The van der Waals surface area contributed by atoms with E-state index in [1.165, 1.54) is 42.5 Å². The SMILES string of the molecule is NC1(C(=O)O)C=CC=CC1C(=O)O.Nc1cc(C(=O)O)ccc1Cl. The molecule has 1 aromatic rings. The minimum absolute atomic E-state index is 0.145. The van der Waals surface area contributed by atoms with E-state index in [1.807, 2.05) is 0 Å². The van der Waals surface area contributed by atoms with Crippen LogP contribution in [0.2, 0.25) is 5.02 Å². The summed E-state index contributed by atoms with van der Waals surface area (Å²) in [4.78, 5) is 31.7. The molecule has 1 aliphatic rings. The van der Waals surface area contributed by atoms with Crippen molar-refractivity contribution in [1.29, 1.82) is 0 Å². The number of nitrogen functional groups attached to an aromatic ring is 1. The highest BCUT2D eigenvalue weighted by atomic mass is 35.5. The van der Waals surface area contributed by atoms with Crippen LogP contribution in [0.15, 0.2) is 42.5 Å². The smallest absolute Gasteiger partial charge is 0.335 e. The molecule has 2 rings (SSSR count). The summed E-state index contributed by atoms with van der Waals surface area (Å²) in [5, 5.41) is 26.3. The van der Waals surface area contributed by atoms with E-state index in [4.69, 9.17) is 38.4 Å². The molecule has 0 saturated heterocycles. The van der Waals surface area contributed by atoms with Crippen LogP contribution in [-0.4, -0.2) is 38.8 Å². The van der Waals surface area contributed by atoms with Crippen LogP contribution in [-0.2, 0) is 9.59 Å². The number of anilines is 1. The summed E-state index contributed by atoms with van der Waals surface area (Å²) in [5.74, 6) is -4.81. The lowest BCUT2D eigenvalue weighted by Gasteiger charge is -2.27.